The lowest BCUT2D eigenvalue weighted by Crippen LogP contribution is -1.78. The van der Waals surface area contributed by atoms with E-state index in [4.69, 9.17) is 0 Å². The van der Waals surface area contributed by atoms with Crippen molar-refractivity contribution in [1.29, 1.82) is 0 Å². The summed E-state index contributed by atoms with van der Waals surface area (Å²) < 4.78 is 0. The second kappa shape index (κ2) is 7.37. The van der Waals surface area contributed by atoms with Crippen LogP contribution in [0.1, 0.15) is 33.6 Å². The van der Waals surface area contributed by atoms with Crippen LogP contribution in [0.2, 0.25) is 0 Å². The molecule has 0 aromatic heterocycles. The zero-order chi connectivity index (χ0) is 8.53. The van der Waals surface area contributed by atoms with Crippen LogP contribution in [0.15, 0.2) is 30.0 Å². The van der Waals surface area contributed by atoms with Crippen molar-refractivity contribution >= 4 is 0 Å². The number of rotatable bonds is 4. The highest BCUT2D eigenvalue weighted by Crippen LogP contribution is 1.97. The molecule has 1 unspecified atom stereocenters. The van der Waals surface area contributed by atoms with Gasteiger partial charge in [-0.2, -0.15) is 0 Å². The van der Waals surface area contributed by atoms with Crippen molar-refractivity contribution in [2.45, 2.75) is 33.6 Å². The zero-order valence-electron chi connectivity index (χ0n) is 7.80. The van der Waals surface area contributed by atoms with Crippen molar-refractivity contribution in [2.24, 2.45) is 5.92 Å². The lowest BCUT2D eigenvalue weighted by molar-refractivity contribution is 0.932. The Morgan fingerprint density at radius 2 is 2.18 bits per heavy atom. The largest absolute Gasteiger partial charge is 0.129 e. The van der Waals surface area contributed by atoms with E-state index in [9.17, 15) is 0 Å². The summed E-state index contributed by atoms with van der Waals surface area (Å²) in [7, 11) is 0. The molecule has 0 N–H and O–H groups in total. The average Bonchev–Trinajstić information content (AvgIpc) is 1.99. The molecule has 11 heavy (non-hydrogen) atoms. The van der Waals surface area contributed by atoms with Crippen LogP contribution in [0.4, 0.5) is 0 Å². The van der Waals surface area contributed by atoms with Gasteiger partial charge in [-0.3, -0.25) is 0 Å². The summed E-state index contributed by atoms with van der Waals surface area (Å²) in [6.45, 7) is 6.38. The van der Waals surface area contributed by atoms with Gasteiger partial charge < -0.3 is 0 Å². The van der Waals surface area contributed by atoms with Gasteiger partial charge >= 0.3 is 0 Å². The average molecular weight is 150 g/mol. The SMILES string of the molecule is CC=CC(C)C=C=CCCC. The van der Waals surface area contributed by atoms with E-state index in [1.165, 1.54) is 6.42 Å². The van der Waals surface area contributed by atoms with Crippen LogP contribution in [0, 0.1) is 5.92 Å². The smallest absolute Gasteiger partial charge is 0.000615 e. The second-order valence-electron chi connectivity index (χ2n) is 2.71. The highest BCUT2D eigenvalue weighted by Gasteiger charge is 1.84. The lowest BCUT2D eigenvalue weighted by Gasteiger charge is -1.91. The molecule has 0 nitrogen and oxygen atoms in total. The van der Waals surface area contributed by atoms with Crippen LogP contribution in [0.25, 0.3) is 0 Å². The first-order chi connectivity index (χ1) is 5.31. The molecule has 62 valence electrons. The molecule has 0 aromatic carbocycles. The fraction of sp³-hybridized carbons (Fsp3) is 0.545. The number of allylic oxidation sites excluding steroid dienone is 3. The Morgan fingerprint density at radius 1 is 1.45 bits per heavy atom. The van der Waals surface area contributed by atoms with Crippen LogP contribution in [0.5, 0.6) is 0 Å². The van der Waals surface area contributed by atoms with E-state index >= 15 is 0 Å². The molecule has 0 heteroatoms. The first-order valence-corrected chi connectivity index (χ1v) is 4.35. The molecule has 0 aliphatic carbocycles. The summed E-state index contributed by atoms with van der Waals surface area (Å²) in [6.07, 6.45) is 10.8. The number of hydrogen-bond donors (Lipinski definition) is 0. The van der Waals surface area contributed by atoms with Crippen molar-refractivity contribution in [1.82, 2.24) is 0 Å². The van der Waals surface area contributed by atoms with Crippen molar-refractivity contribution in [3.05, 3.63) is 30.0 Å². The van der Waals surface area contributed by atoms with Crippen LogP contribution in [-0.2, 0) is 0 Å². The zero-order valence-corrected chi connectivity index (χ0v) is 7.80. The molecule has 0 saturated heterocycles. The van der Waals surface area contributed by atoms with Crippen LogP contribution in [-0.4, -0.2) is 0 Å². The van der Waals surface area contributed by atoms with Gasteiger partial charge in [0, 0.05) is 0 Å². The standard InChI is InChI=1S/C11H18/c1-4-6-7-8-10-11(3)9-5-2/h5,7,9-11H,4,6H2,1-3H3. The third-order valence-corrected chi connectivity index (χ3v) is 1.41. The van der Waals surface area contributed by atoms with Gasteiger partial charge in [0.1, 0.15) is 0 Å². The highest BCUT2D eigenvalue weighted by atomic mass is 13.9. The maximum Gasteiger partial charge on any atom is -0.000615 e. The molecule has 0 spiro atoms. The van der Waals surface area contributed by atoms with Gasteiger partial charge in [-0.15, -0.1) is 5.73 Å². The summed E-state index contributed by atoms with van der Waals surface area (Å²) in [4.78, 5) is 0. The van der Waals surface area contributed by atoms with Gasteiger partial charge in [-0.25, -0.2) is 0 Å². The predicted molar refractivity (Wildman–Crippen MR) is 51.5 cm³/mol. The Labute approximate surface area is 70.3 Å². The number of hydrogen-bond acceptors (Lipinski definition) is 0. The van der Waals surface area contributed by atoms with E-state index < -0.39 is 0 Å². The Morgan fingerprint density at radius 3 is 2.73 bits per heavy atom. The molecule has 0 saturated carbocycles. The number of unbranched alkanes of at least 4 members (excludes halogenated alkanes) is 1. The topological polar surface area (TPSA) is 0 Å². The molecular formula is C11H18. The molecular weight excluding hydrogens is 132 g/mol. The minimum Gasteiger partial charge on any atom is -0.129 e. The minimum atomic E-state index is 0.521. The molecule has 0 aliphatic rings. The van der Waals surface area contributed by atoms with E-state index in [2.05, 4.69) is 43.9 Å². The van der Waals surface area contributed by atoms with Gasteiger partial charge in [0.2, 0.25) is 0 Å². The maximum absolute atomic E-state index is 3.17. The van der Waals surface area contributed by atoms with Gasteiger partial charge in [-0.05, 0) is 31.4 Å². The minimum absolute atomic E-state index is 0.521. The molecule has 0 rings (SSSR count). The quantitative estimate of drug-likeness (QED) is 0.423. The maximum atomic E-state index is 3.17. The van der Waals surface area contributed by atoms with Gasteiger partial charge in [0.25, 0.3) is 0 Å². The summed E-state index contributed by atoms with van der Waals surface area (Å²) >= 11 is 0. The molecule has 0 aromatic rings. The monoisotopic (exact) mass is 150 g/mol. The molecule has 0 aliphatic heterocycles. The fourth-order valence-corrected chi connectivity index (χ4v) is 0.807. The molecule has 0 radical (unpaired) electrons. The Kier molecular flexibility index (Phi) is 6.87. The third-order valence-electron chi connectivity index (χ3n) is 1.41. The van der Waals surface area contributed by atoms with Crippen LogP contribution < -0.4 is 0 Å². The lowest BCUT2D eigenvalue weighted by atomic mass is 10.1. The fourth-order valence-electron chi connectivity index (χ4n) is 0.807. The van der Waals surface area contributed by atoms with E-state index in [-0.39, 0.29) is 0 Å². The van der Waals surface area contributed by atoms with Crippen molar-refractivity contribution < 1.29 is 0 Å². The molecule has 1 atom stereocenters. The van der Waals surface area contributed by atoms with E-state index in [1.54, 1.807) is 0 Å². The first kappa shape index (κ1) is 10.3. The normalized spacial score (nSPS) is 12.6. The third kappa shape index (κ3) is 7.15. The summed E-state index contributed by atoms with van der Waals surface area (Å²) in [5, 5.41) is 0. The molecule has 0 bridgehead atoms. The van der Waals surface area contributed by atoms with Gasteiger partial charge in [0.05, 0.1) is 0 Å². The molecule has 0 heterocycles. The summed E-state index contributed by atoms with van der Waals surface area (Å²) in [5.74, 6) is 0.521. The van der Waals surface area contributed by atoms with Crippen molar-refractivity contribution in [2.75, 3.05) is 0 Å². The Balaban J connectivity index is 3.71. The molecule has 0 amide bonds. The van der Waals surface area contributed by atoms with Crippen molar-refractivity contribution in [3.8, 4) is 0 Å². The van der Waals surface area contributed by atoms with E-state index in [0.29, 0.717) is 5.92 Å². The van der Waals surface area contributed by atoms with Gasteiger partial charge in [-0.1, -0.05) is 32.4 Å². The van der Waals surface area contributed by atoms with Crippen molar-refractivity contribution in [3.63, 3.8) is 0 Å². The van der Waals surface area contributed by atoms with E-state index in [0.717, 1.165) is 6.42 Å². The first-order valence-electron chi connectivity index (χ1n) is 4.35. The second-order valence-corrected chi connectivity index (χ2v) is 2.71. The predicted octanol–water partition coefficient (Wildman–Crippen LogP) is 3.71. The Hall–Kier alpha value is -0.740. The van der Waals surface area contributed by atoms with Crippen LogP contribution in [0.3, 0.4) is 0 Å². The van der Waals surface area contributed by atoms with E-state index in [1.807, 2.05) is 6.92 Å². The highest BCUT2D eigenvalue weighted by molar-refractivity contribution is 4.97. The van der Waals surface area contributed by atoms with Crippen LogP contribution >= 0.6 is 0 Å². The molecule has 0 fully saturated rings. The summed E-state index contributed by atoms with van der Waals surface area (Å²) in [5.41, 5.74) is 3.17. The summed E-state index contributed by atoms with van der Waals surface area (Å²) in [6, 6.07) is 0. The van der Waals surface area contributed by atoms with Gasteiger partial charge in [0.15, 0.2) is 0 Å². The Bertz CT molecular complexity index is 157.